The first-order valence-corrected chi connectivity index (χ1v) is 6.05. The number of hydrogen-bond donors (Lipinski definition) is 2. The second-order valence-electron chi connectivity index (χ2n) is 4.03. The summed E-state index contributed by atoms with van der Waals surface area (Å²) in [5, 5.41) is 2.98. The van der Waals surface area contributed by atoms with Crippen LogP contribution in [-0.2, 0) is 0 Å². The van der Waals surface area contributed by atoms with Gasteiger partial charge in [0.25, 0.3) is 0 Å². The average molecular weight is 277 g/mol. The van der Waals surface area contributed by atoms with Crippen LogP contribution in [0, 0.1) is 0 Å². The monoisotopic (exact) mass is 277 g/mol. The second kappa shape index (κ2) is 6.44. The van der Waals surface area contributed by atoms with Crippen LogP contribution in [0.15, 0.2) is 6.07 Å². The average Bonchev–Trinajstić information content (AvgIpc) is 2.31. The minimum atomic E-state index is -4.28. The zero-order valence-corrected chi connectivity index (χ0v) is 11.0. The van der Waals surface area contributed by atoms with Gasteiger partial charge in [-0.15, -0.1) is 0 Å². The predicted octanol–water partition coefficient (Wildman–Crippen LogP) is 2.27. The number of nitrogens with two attached hydrogens (primary N) is 1. The number of nitrogen functional groups attached to an aromatic ring is 1. The molecule has 108 valence electrons. The Balaban J connectivity index is 2.93. The molecule has 0 aliphatic carbocycles. The quantitative estimate of drug-likeness (QED) is 0.835. The molecule has 1 aromatic heterocycles. The van der Waals surface area contributed by atoms with Gasteiger partial charge in [0, 0.05) is 19.2 Å². The summed E-state index contributed by atoms with van der Waals surface area (Å²) in [6.45, 7) is 3.39. The largest absolute Gasteiger partial charge is 0.405 e. The van der Waals surface area contributed by atoms with Crippen molar-refractivity contribution in [3.63, 3.8) is 0 Å². The molecule has 19 heavy (non-hydrogen) atoms. The van der Waals surface area contributed by atoms with Crippen LogP contribution in [0.25, 0.3) is 0 Å². The second-order valence-corrected chi connectivity index (χ2v) is 4.03. The first kappa shape index (κ1) is 15.3. The summed E-state index contributed by atoms with van der Waals surface area (Å²) in [6.07, 6.45) is -3.41. The molecule has 0 aliphatic heterocycles. The van der Waals surface area contributed by atoms with Gasteiger partial charge in [-0.1, -0.05) is 6.92 Å². The Bertz CT molecular complexity index is 408. The molecule has 0 aromatic carbocycles. The maximum absolute atomic E-state index is 12.5. The minimum Gasteiger partial charge on any atom is -0.370 e. The van der Waals surface area contributed by atoms with E-state index < -0.39 is 12.7 Å². The number of halogens is 3. The third-order valence-electron chi connectivity index (χ3n) is 2.36. The standard InChI is InChI=1S/C11H18F3N5/c1-3-5-16-8-6-9(18-10(15)17-8)19(4-2)7-11(12,13)14/h6H,3-5,7H2,1-2H3,(H3,15,16,17,18). The van der Waals surface area contributed by atoms with E-state index in [1.165, 1.54) is 6.07 Å². The first-order chi connectivity index (χ1) is 8.85. The molecule has 0 fully saturated rings. The summed E-state index contributed by atoms with van der Waals surface area (Å²) >= 11 is 0. The van der Waals surface area contributed by atoms with Gasteiger partial charge in [-0.25, -0.2) is 0 Å². The van der Waals surface area contributed by atoms with Gasteiger partial charge in [-0.05, 0) is 13.3 Å². The molecule has 1 aromatic rings. The Kier molecular flexibility index (Phi) is 5.20. The third-order valence-corrected chi connectivity index (χ3v) is 2.36. The molecule has 1 rings (SSSR count). The molecule has 8 heteroatoms. The van der Waals surface area contributed by atoms with Crippen LogP contribution >= 0.6 is 0 Å². The lowest BCUT2D eigenvalue weighted by Crippen LogP contribution is -2.34. The molecular formula is C11H18F3N5. The zero-order valence-electron chi connectivity index (χ0n) is 11.0. The Morgan fingerprint density at radius 3 is 2.53 bits per heavy atom. The molecule has 0 saturated heterocycles. The van der Waals surface area contributed by atoms with Gasteiger partial charge in [-0.2, -0.15) is 23.1 Å². The lowest BCUT2D eigenvalue weighted by atomic mass is 10.4. The number of nitrogens with one attached hydrogen (secondary N) is 1. The fraction of sp³-hybridized carbons (Fsp3) is 0.636. The minimum absolute atomic E-state index is 0.0447. The Hall–Kier alpha value is -1.73. The van der Waals surface area contributed by atoms with Crippen molar-refractivity contribution >= 4 is 17.6 Å². The van der Waals surface area contributed by atoms with Crippen LogP contribution in [0.4, 0.5) is 30.8 Å². The van der Waals surface area contributed by atoms with Gasteiger partial charge in [0.1, 0.15) is 18.2 Å². The maximum atomic E-state index is 12.5. The number of nitrogens with zero attached hydrogens (tertiary/aromatic N) is 3. The molecule has 0 amide bonds. The Labute approximate surface area is 110 Å². The topological polar surface area (TPSA) is 67.1 Å². The summed E-state index contributed by atoms with van der Waals surface area (Å²) in [6, 6.07) is 1.47. The van der Waals surface area contributed by atoms with Crippen molar-refractivity contribution < 1.29 is 13.2 Å². The van der Waals surface area contributed by atoms with Crippen molar-refractivity contribution in [1.82, 2.24) is 9.97 Å². The number of alkyl halides is 3. The molecule has 0 atom stereocenters. The van der Waals surface area contributed by atoms with Gasteiger partial charge < -0.3 is 16.0 Å². The number of anilines is 3. The van der Waals surface area contributed by atoms with E-state index in [1.54, 1.807) is 6.92 Å². The Morgan fingerprint density at radius 2 is 2.00 bits per heavy atom. The molecule has 0 spiro atoms. The van der Waals surface area contributed by atoms with Gasteiger partial charge in [0.2, 0.25) is 5.95 Å². The number of rotatable bonds is 6. The smallest absolute Gasteiger partial charge is 0.370 e. The van der Waals surface area contributed by atoms with E-state index in [1.807, 2.05) is 6.92 Å². The summed E-state index contributed by atoms with van der Waals surface area (Å²) in [4.78, 5) is 8.89. The molecule has 1 heterocycles. The zero-order chi connectivity index (χ0) is 14.5. The van der Waals surface area contributed by atoms with E-state index in [0.29, 0.717) is 12.4 Å². The van der Waals surface area contributed by atoms with Crippen LogP contribution in [0.2, 0.25) is 0 Å². The molecule has 3 N–H and O–H groups in total. The van der Waals surface area contributed by atoms with E-state index >= 15 is 0 Å². The fourth-order valence-electron chi connectivity index (χ4n) is 1.53. The molecule has 0 aliphatic rings. The fourth-order valence-corrected chi connectivity index (χ4v) is 1.53. The molecule has 0 saturated carbocycles. The number of aromatic nitrogens is 2. The van der Waals surface area contributed by atoms with Crippen molar-refractivity contribution in [1.29, 1.82) is 0 Å². The van der Waals surface area contributed by atoms with Gasteiger partial charge >= 0.3 is 6.18 Å². The van der Waals surface area contributed by atoms with Gasteiger partial charge in [0.05, 0.1) is 0 Å². The summed E-state index contributed by atoms with van der Waals surface area (Å²) in [7, 11) is 0. The predicted molar refractivity (Wildman–Crippen MR) is 69.2 cm³/mol. The van der Waals surface area contributed by atoms with Crippen molar-refractivity contribution in [2.24, 2.45) is 0 Å². The van der Waals surface area contributed by atoms with Gasteiger partial charge in [0.15, 0.2) is 0 Å². The molecule has 0 unspecified atom stereocenters. The van der Waals surface area contributed by atoms with Crippen LogP contribution in [0.3, 0.4) is 0 Å². The summed E-state index contributed by atoms with van der Waals surface area (Å²) in [5.74, 6) is 0.563. The highest BCUT2D eigenvalue weighted by Crippen LogP contribution is 2.22. The molecule has 0 bridgehead atoms. The third kappa shape index (κ3) is 5.19. The van der Waals surface area contributed by atoms with Gasteiger partial charge in [-0.3, -0.25) is 0 Å². The van der Waals surface area contributed by atoms with E-state index in [2.05, 4.69) is 15.3 Å². The van der Waals surface area contributed by atoms with Crippen LogP contribution < -0.4 is 16.0 Å². The highest BCUT2D eigenvalue weighted by molar-refractivity contribution is 5.52. The van der Waals surface area contributed by atoms with Crippen molar-refractivity contribution in [2.75, 3.05) is 35.6 Å². The summed E-state index contributed by atoms with van der Waals surface area (Å²) < 4.78 is 37.4. The molecular weight excluding hydrogens is 259 g/mol. The van der Waals surface area contributed by atoms with Crippen molar-refractivity contribution in [3.8, 4) is 0 Å². The lowest BCUT2D eigenvalue weighted by molar-refractivity contribution is -0.119. The lowest BCUT2D eigenvalue weighted by Gasteiger charge is -2.23. The van der Waals surface area contributed by atoms with E-state index in [0.717, 1.165) is 11.3 Å². The summed E-state index contributed by atoms with van der Waals surface area (Å²) in [5.41, 5.74) is 5.52. The highest BCUT2D eigenvalue weighted by atomic mass is 19.4. The molecule has 0 radical (unpaired) electrons. The van der Waals surface area contributed by atoms with E-state index in [4.69, 9.17) is 5.73 Å². The Morgan fingerprint density at radius 1 is 1.32 bits per heavy atom. The normalized spacial score (nSPS) is 11.4. The van der Waals surface area contributed by atoms with Crippen LogP contribution in [0.1, 0.15) is 20.3 Å². The SMILES string of the molecule is CCCNc1cc(N(CC)CC(F)(F)F)nc(N)n1. The first-order valence-electron chi connectivity index (χ1n) is 6.05. The van der Waals surface area contributed by atoms with Crippen LogP contribution in [0.5, 0.6) is 0 Å². The van der Waals surface area contributed by atoms with E-state index in [9.17, 15) is 13.2 Å². The van der Waals surface area contributed by atoms with Crippen molar-refractivity contribution in [2.45, 2.75) is 26.4 Å². The maximum Gasteiger partial charge on any atom is 0.405 e. The van der Waals surface area contributed by atoms with Crippen LogP contribution in [-0.4, -0.2) is 35.8 Å². The highest BCUT2D eigenvalue weighted by Gasteiger charge is 2.31. The van der Waals surface area contributed by atoms with Crippen molar-refractivity contribution in [3.05, 3.63) is 6.07 Å². The van der Waals surface area contributed by atoms with E-state index in [-0.39, 0.29) is 18.3 Å². The number of hydrogen-bond acceptors (Lipinski definition) is 5. The molecule has 5 nitrogen and oxygen atoms in total.